The van der Waals surface area contributed by atoms with Gasteiger partial charge in [-0.25, -0.2) is 4.84 Å². The molecule has 0 aliphatic carbocycles. The van der Waals surface area contributed by atoms with Gasteiger partial charge in [0.1, 0.15) is 6.15 Å². The van der Waals surface area contributed by atoms with E-state index in [1.807, 2.05) is 41.4 Å². The van der Waals surface area contributed by atoms with Gasteiger partial charge >= 0.3 is 49.4 Å². The molecule has 0 amide bonds. The first-order chi connectivity index (χ1) is 33.2. The number of benzene rings is 6. The molecule has 73 heavy (non-hydrogen) atoms. The number of rotatable bonds is 6. The molecule has 0 unspecified atom stereocenters. The minimum absolute atomic E-state index is 0.691. The van der Waals surface area contributed by atoms with E-state index in [2.05, 4.69) is 18.2 Å². The van der Waals surface area contributed by atoms with Crippen molar-refractivity contribution in [2.45, 2.75) is 49.4 Å². The van der Waals surface area contributed by atoms with E-state index in [0.29, 0.717) is 0 Å². The summed E-state index contributed by atoms with van der Waals surface area (Å²) in [7, 11) is 0. The van der Waals surface area contributed by atoms with Gasteiger partial charge in [0.25, 0.3) is 5.51 Å². The molecule has 1 aromatic heterocycles. The second kappa shape index (κ2) is 19.0. The Balaban J connectivity index is 0.000000453. The van der Waals surface area contributed by atoms with Crippen molar-refractivity contribution in [2.75, 3.05) is 0 Å². The molecule has 0 aliphatic rings. The summed E-state index contributed by atoms with van der Waals surface area (Å²) in [4.78, 5) is 5.76. The summed E-state index contributed by atoms with van der Waals surface area (Å²) in [5.74, 6) is 0.876. The van der Waals surface area contributed by atoms with Crippen molar-refractivity contribution in [1.29, 1.82) is 0 Å². The molecule has 0 radical (unpaired) electrons. The molecule has 7 rings (SSSR count). The fourth-order valence-electron chi connectivity index (χ4n) is 7.74. The number of aromatic nitrogens is 1. The monoisotopic (exact) mass is 1090 g/mol. The number of fused-ring (bicyclic) bond motifs is 1. The van der Waals surface area contributed by atoms with Crippen LogP contribution in [-0.2, 0) is 49.4 Å². The molecule has 0 fully saturated rings. The van der Waals surface area contributed by atoms with E-state index in [4.69, 9.17) is 4.84 Å². The third-order valence-electron chi connectivity index (χ3n) is 10.8. The minimum Gasteiger partial charge on any atom is -0.230 e. The van der Waals surface area contributed by atoms with Gasteiger partial charge in [-0.2, -0.15) is 127 Å². The van der Waals surface area contributed by atoms with Gasteiger partial charge in [0.2, 0.25) is 11.9 Å². The summed E-state index contributed by atoms with van der Waals surface area (Å²) >= 11 is 1.60. The number of halogens is 24. The Bertz CT molecular complexity index is 2660. The van der Waals surface area contributed by atoms with Crippen molar-refractivity contribution in [3.05, 3.63) is 177 Å². The highest BCUT2D eigenvalue weighted by molar-refractivity contribution is 7.20. The first-order valence-corrected chi connectivity index (χ1v) is 20.6. The standard InChI is InChI=1S/C32H12BF24.C13H10NOS/c34-25(35,36)13-1-14(26(37,38)39)6-21(5-13)33(22-7-15(27(40,41)42)2-16(8-22)28(43,44)45,23-9-17(29(46,47)48)3-18(10-23)30(49,50)51)24-11-19(31(52,53)54)4-20(12-24)32(55,56)57;1-2-6-12-11(4-1)5-3-7-13(12)15-14-8-9-16-10-14/h1-12H;1-10H/q-1;+1. The van der Waals surface area contributed by atoms with Gasteiger partial charge in [0.15, 0.2) is 0 Å². The van der Waals surface area contributed by atoms with Crippen LogP contribution in [0.2, 0.25) is 0 Å². The van der Waals surface area contributed by atoms with Gasteiger partial charge < -0.3 is 0 Å². The molecular weight excluding hydrogens is 1070 g/mol. The molecule has 0 saturated carbocycles. The predicted octanol–water partition coefficient (Wildman–Crippen LogP) is 14.2. The second-order valence-electron chi connectivity index (χ2n) is 15.7. The average molecular weight is 1090 g/mol. The number of thiazole rings is 1. The molecule has 0 saturated heterocycles. The fourth-order valence-corrected chi connectivity index (χ4v) is 8.23. The third-order valence-corrected chi connectivity index (χ3v) is 11.5. The van der Waals surface area contributed by atoms with E-state index in [1.54, 1.807) is 16.1 Å². The van der Waals surface area contributed by atoms with E-state index >= 15 is 0 Å². The summed E-state index contributed by atoms with van der Waals surface area (Å²) in [6, 6.07) is 5.46. The van der Waals surface area contributed by atoms with Crippen LogP contribution in [0.3, 0.4) is 0 Å². The highest BCUT2D eigenvalue weighted by atomic mass is 32.1. The first kappa shape index (κ1) is 55.7. The number of alkyl halides is 24. The average Bonchev–Trinajstić information content (AvgIpc) is 3.77. The molecule has 0 aliphatic heterocycles. The summed E-state index contributed by atoms with van der Waals surface area (Å²) in [6.07, 6.45) is -52.9. The maximum Gasteiger partial charge on any atom is 0.416 e. The van der Waals surface area contributed by atoms with E-state index in [1.165, 1.54) is 5.39 Å². The number of hydrogen-bond donors (Lipinski definition) is 0. The Morgan fingerprint density at radius 3 is 0.877 bits per heavy atom. The van der Waals surface area contributed by atoms with Crippen LogP contribution in [0.25, 0.3) is 10.8 Å². The normalized spacial score (nSPS) is 13.5. The van der Waals surface area contributed by atoms with Gasteiger partial charge in [0.05, 0.1) is 49.9 Å². The van der Waals surface area contributed by atoms with Gasteiger partial charge in [-0.05, 0) is 35.7 Å². The van der Waals surface area contributed by atoms with E-state index < -0.39 is 195 Å². The zero-order valence-corrected chi connectivity index (χ0v) is 35.9. The van der Waals surface area contributed by atoms with E-state index in [0.717, 1.165) is 11.1 Å². The number of hydrogen-bond acceptors (Lipinski definition) is 2. The number of nitrogens with zero attached hydrogens (tertiary/aromatic N) is 1. The summed E-state index contributed by atoms with van der Waals surface area (Å²) in [6.45, 7) is 0. The topological polar surface area (TPSA) is 13.1 Å². The third kappa shape index (κ3) is 12.4. The van der Waals surface area contributed by atoms with Crippen LogP contribution in [0.5, 0.6) is 5.75 Å². The predicted molar refractivity (Wildman–Crippen MR) is 215 cm³/mol. The van der Waals surface area contributed by atoms with E-state index in [-0.39, 0.29) is 0 Å². The smallest absolute Gasteiger partial charge is 0.230 e. The molecule has 1 heterocycles. The van der Waals surface area contributed by atoms with Crippen molar-refractivity contribution >= 4 is 50.1 Å². The van der Waals surface area contributed by atoms with Crippen LogP contribution in [0.1, 0.15) is 44.5 Å². The van der Waals surface area contributed by atoms with Gasteiger partial charge in [-0.1, -0.05) is 96.3 Å². The summed E-state index contributed by atoms with van der Waals surface area (Å²) in [5.41, 5.74) is -28.3. The molecule has 7 aromatic rings. The summed E-state index contributed by atoms with van der Waals surface area (Å²) < 4.78 is 343. The van der Waals surface area contributed by atoms with Crippen LogP contribution < -0.4 is 31.4 Å². The first-order valence-electron chi connectivity index (χ1n) is 19.6. The lowest BCUT2D eigenvalue weighted by molar-refractivity contribution is -0.871. The maximum atomic E-state index is 14.2. The highest BCUT2D eigenvalue weighted by Gasteiger charge is 2.47. The lowest BCUT2D eigenvalue weighted by atomic mass is 9.12. The molecule has 0 bridgehead atoms. The van der Waals surface area contributed by atoms with Gasteiger partial charge in [-0.3, -0.25) is 0 Å². The second-order valence-corrected chi connectivity index (χ2v) is 16.4. The van der Waals surface area contributed by atoms with Crippen LogP contribution in [0.4, 0.5) is 105 Å². The Morgan fingerprint density at radius 2 is 0.616 bits per heavy atom. The molecule has 0 spiro atoms. The zero-order valence-electron chi connectivity index (χ0n) is 35.1. The fraction of sp³-hybridized carbons (Fsp3) is 0.178. The van der Waals surface area contributed by atoms with Crippen molar-refractivity contribution in [3.8, 4) is 5.75 Å². The lowest BCUT2D eigenvalue weighted by Crippen LogP contribution is -2.75. The Labute approximate surface area is 396 Å². The largest absolute Gasteiger partial charge is 0.416 e. The zero-order chi connectivity index (χ0) is 54.7. The minimum atomic E-state index is -6.13. The van der Waals surface area contributed by atoms with Crippen LogP contribution in [0.15, 0.2) is 132 Å². The van der Waals surface area contributed by atoms with Crippen LogP contribution >= 0.6 is 11.3 Å². The molecule has 0 atom stereocenters. The van der Waals surface area contributed by atoms with Crippen molar-refractivity contribution < 1.29 is 115 Å². The molecule has 6 aromatic carbocycles. The molecule has 0 N–H and O–H groups in total. The Kier molecular flexibility index (Phi) is 14.5. The summed E-state index contributed by atoms with van der Waals surface area (Å²) in [5, 5.41) is 4.30. The molecule has 2 nitrogen and oxygen atoms in total. The van der Waals surface area contributed by atoms with Crippen LogP contribution in [0, 0.1) is 0 Å². The Hall–Kier alpha value is -6.61. The van der Waals surface area contributed by atoms with Gasteiger partial charge in [-0.15, -0.1) is 0 Å². The van der Waals surface area contributed by atoms with Crippen molar-refractivity contribution in [1.82, 2.24) is 0 Å². The quantitative estimate of drug-likeness (QED) is 0.0919. The lowest BCUT2D eigenvalue weighted by Gasteiger charge is -2.46. The Morgan fingerprint density at radius 1 is 0.342 bits per heavy atom. The van der Waals surface area contributed by atoms with Crippen molar-refractivity contribution in [3.63, 3.8) is 0 Å². The molecule has 390 valence electrons. The van der Waals surface area contributed by atoms with Gasteiger partial charge in [0, 0.05) is 10.1 Å². The SMILES string of the molecule is FC(F)(F)c1cc([B-](c2cc(C(F)(F)F)cc(C(F)(F)F)c2)(c2cc(C(F)(F)F)cc(C(F)(F)F)c2)c2cc(C(F)(F)F)cc(C(F)(F)F)c2)cc(C(F)(F)F)c1.c1ccc2c(O[n+]3ccsc3)cccc2c1. The highest BCUT2D eigenvalue weighted by Crippen LogP contribution is 2.41. The maximum absolute atomic E-state index is 14.2. The van der Waals surface area contributed by atoms with Crippen molar-refractivity contribution in [2.24, 2.45) is 0 Å². The molecular formula is C45H22BF24NOS. The van der Waals surface area contributed by atoms with E-state index in [9.17, 15) is 105 Å². The van der Waals surface area contributed by atoms with Crippen LogP contribution in [-0.4, -0.2) is 6.15 Å². The molecule has 28 heteroatoms.